The van der Waals surface area contributed by atoms with Gasteiger partial charge in [-0.15, -0.1) is 0 Å². The van der Waals surface area contributed by atoms with Gasteiger partial charge in [0.25, 0.3) is 0 Å². The number of esters is 1. The largest absolute Gasteiger partial charge is 0.461 e. The monoisotopic (exact) mass is 367 g/mol. The van der Waals surface area contributed by atoms with Crippen LogP contribution in [0, 0.1) is 0 Å². The summed E-state index contributed by atoms with van der Waals surface area (Å²) in [4.78, 5) is 15.7. The Morgan fingerprint density at radius 1 is 1.07 bits per heavy atom. The van der Waals surface area contributed by atoms with Gasteiger partial charge in [-0.25, -0.2) is 4.79 Å². The number of rotatable bonds is 8. The molecule has 0 spiro atoms. The molecule has 0 radical (unpaired) electrons. The van der Waals surface area contributed by atoms with Crippen molar-refractivity contribution in [2.75, 3.05) is 26.8 Å². The van der Waals surface area contributed by atoms with E-state index in [1.807, 2.05) is 67.6 Å². The third-order valence-corrected chi connectivity index (χ3v) is 5.25. The van der Waals surface area contributed by atoms with Crippen molar-refractivity contribution in [1.82, 2.24) is 4.90 Å². The van der Waals surface area contributed by atoms with Crippen LogP contribution in [-0.4, -0.2) is 43.7 Å². The van der Waals surface area contributed by atoms with Crippen molar-refractivity contribution >= 4 is 5.97 Å². The number of benzene rings is 2. The predicted octanol–water partition coefficient (Wildman–Crippen LogP) is 3.99. The molecule has 4 nitrogen and oxygen atoms in total. The zero-order valence-corrected chi connectivity index (χ0v) is 16.3. The summed E-state index contributed by atoms with van der Waals surface area (Å²) in [6.45, 7) is 3.96. The van der Waals surface area contributed by atoms with Gasteiger partial charge in [0.2, 0.25) is 5.60 Å². The molecule has 1 heterocycles. The van der Waals surface area contributed by atoms with Gasteiger partial charge in [0, 0.05) is 12.6 Å². The molecule has 1 fully saturated rings. The Labute approximate surface area is 162 Å². The van der Waals surface area contributed by atoms with Crippen molar-refractivity contribution in [3.63, 3.8) is 0 Å². The molecule has 1 atom stereocenters. The van der Waals surface area contributed by atoms with E-state index in [9.17, 15) is 4.79 Å². The fraction of sp³-hybridized carbons (Fsp3) is 0.435. The van der Waals surface area contributed by atoms with E-state index in [1.165, 1.54) is 0 Å². The van der Waals surface area contributed by atoms with E-state index in [1.54, 1.807) is 0 Å². The van der Waals surface area contributed by atoms with Crippen molar-refractivity contribution in [2.24, 2.45) is 0 Å². The normalized spacial score (nSPS) is 17.8. The summed E-state index contributed by atoms with van der Waals surface area (Å²) in [7, 11) is 2.08. The second-order valence-corrected chi connectivity index (χ2v) is 7.14. The van der Waals surface area contributed by atoms with Gasteiger partial charge in [-0.2, -0.15) is 0 Å². The van der Waals surface area contributed by atoms with Crippen molar-refractivity contribution in [2.45, 2.75) is 37.8 Å². The highest BCUT2D eigenvalue weighted by Gasteiger charge is 2.45. The Morgan fingerprint density at radius 3 is 2.15 bits per heavy atom. The molecule has 4 heteroatoms. The highest BCUT2D eigenvalue weighted by atomic mass is 16.6. The number of nitrogens with zero attached hydrogens (tertiary/aromatic N) is 1. The number of likely N-dealkylation sites (tertiary alicyclic amines) is 1. The average molecular weight is 367 g/mol. The zero-order chi connectivity index (χ0) is 19.1. The number of carbonyl (C=O) groups is 1. The first kappa shape index (κ1) is 19.6. The predicted molar refractivity (Wildman–Crippen MR) is 107 cm³/mol. The SMILES string of the molecule is CCCOC(C(=O)OCC1CCCN1C)(c1ccccc1)c1ccccc1. The lowest BCUT2D eigenvalue weighted by molar-refractivity contribution is -0.170. The minimum absolute atomic E-state index is 0.282. The lowest BCUT2D eigenvalue weighted by Crippen LogP contribution is -2.43. The first-order valence-electron chi connectivity index (χ1n) is 9.81. The van der Waals surface area contributed by atoms with Crippen LogP contribution in [-0.2, 0) is 19.9 Å². The Hall–Kier alpha value is -2.17. The maximum absolute atomic E-state index is 13.5. The van der Waals surface area contributed by atoms with E-state index in [2.05, 4.69) is 11.9 Å². The van der Waals surface area contributed by atoms with Gasteiger partial charge in [-0.3, -0.25) is 0 Å². The van der Waals surface area contributed by atoms with Crippen molar-refractivity contribution < 1.29 is 14.3 Å². The molecule has 3 rings (SSSR count). The van der Waals surface area contributed by atoms with Crippen LogP contribution in [0.3, 0.4) is 0 Å². The summed E-state index contributed by atoms with van der Waals surface area (Å²) >= 11 is 0. The highest BCUT2D eigenvalue weighted by Crippen LogP contribution is 2.35. The molecule has 2 aromatic carbocycles. The average Bonchev–Trinajstić information content (AvgIpc) is 3.13. The molecule has 0 aromatic heterocycles. The van der Waals surface area contributed by atoms with Crippen LogP contribution in [0.5, 0.6) is 0 Å². The van der Waals surface area contributed by atoms with Gasteiger partial charge in [0.1, 0.15) is 6.61 Å². The quantitative estimate of drug-likeness (QED) is 0.661. The molecule has 0 bridgehead atoms. The van der Waals surface area contributed by atoms with Crippen LogP contribution in [0.25, 0.3) is 0 Å². The smallest absolute Gasteiger partial charge is 0.347 e. The Balaban J connectivity index is 1.95. The van der Waals surface area contributed by atoms with E-state index < -0.39 is 5.60 Å². The molecule has 0 saturated carbocycles. The topological polar surface area (TPSA) is 38.8 Å². The first-order valence-corrected chi connectivity index (χ1v) is 9.81. The zero-order valence-electron chi connectivity index (χ0n) is 16.3. The number of hydrogen-bond acceptors (Lipinski definition) is 4. The third kappa shape index (κ3) is 4.23. The summed E-state index contributed by atoms with van der Waals surface area (Å²) in [6.07, 6.45) is 3.02. The van der Waals surface area contributed by atoms with Crippen molar-refractivity contribution in [3.05, 3.63) is 71.8 Å². The molecule has 1 saturated heterocycles. The Morgan fingerprint density at radius 2 is 1.67 bits per heavy atom. The van der Waals surface area contributed by atoms with Gasteiger partial charge in [0.05, 0.1) is 0 Å². The fourth-order valence-electron chi connectivity index (χ4n) is 3.69. The Kier molecular flexibility index (Phi) is 6.64. The van der Waals surface area contributed by atoms with E-state index in [-0.39, 0.29) is 12.0 Å². The molecule has 0 aliphatic carbocycles. The first-order chi connectivity index (χ1) is 13.2. The van der Waals surface area contributed by atoms with Crippen LogP contribution < -0.4 is 0 Å². The summed E-state index contributed by atoms with van der Waals surface area (Å²) in [5, 5.41) is 0. The molecule has 1 unspecified atom stereocenters. The summed E-state index contributed by atoms with van der Waals surface area (Å²) < 4.78 is 12.1. The van der Waals surface area contributed by atoms with Gasteiger partial charge >= 0.3 is 5.97 Å². The van der Waals surface area contributed by atoms with Crippen LogP contribution in [0.4, 0.5) is 0 Å². The summed E-state index contributed by atoms with van der Waals surface area (Å²) in [6, 6.07) is 19.6. The maximum atomic E-state index is 13.5. The Bertz CT molecular complexity index is 677. The summed E-state index contributed by atoms with van der Waals surface area (Å²) in [5.41, 5.74) is 0.360. The van der Waals surface area contributed by atoms with Crippen molar-refractivity contribution in [3.8, 4) is 0 Å². The van der Waals surface area contributed by atoms with Crippen LogP contribution in [0.15, 0.2) is 60.7 Å². The van der Waals surface area contributed by atoms with Gasteiger partial charge in [0.15, 0.2) is 0 Å². The second-order valence-electron chi connectivity index (χ2n) is 7.14. The molecule has 0 amide bonds. The van der Waals surface area contributed by atoms with E-state index in [0.29, 0.717) is 13.2 Å². The second kappa shape index (κ2) is 9.16. The number of ether oxygens (including phenoxy) is 2. The molecule has 144 valence electrons. The lowest BCUT2D eigenvalue weighted by Gasteiger charge is -2.33. The molecule has 1 aliphatic heterocycles. The lowest BCUT2D eigenvalue weighted by atomic mass is 9.86. The molecule has 1 aliphatic rings. The van der Waals surface area contributed by atoms with Gasteiger partial charge in [-0.1, -0.05) is 67.6 Å². The van der Waals surface area contributed by atoms with Crippen LogP contribution in [0.1, 0.15) is 37.3 Å². The van der Waals surface area contributed by atoms with Crippen LogP contribution >= 0.6 is 0 Å². The number of hydrogen-bond donors (Lipinski definition) is 0. The van der Waals surface area contributed by atoms with E-state index in [0.717, 1.165) is 36.9 Å². The van der Waals surface area contributed by atoms with E-state index in [4.69, 9.17) is 9.47 Å². The van der Waals surface area contributed by atoms with Crippen LogP contribution in [0.2, 0.25) is 0 Å². The highest BCUT2D eigenvalue weighted by molar-refractivity contribution is 5.86. The van der Waals surface area contributed by atoms with Crippen molar-refractivity contribution in [1.29, 1.82) is 0 Å². The van der Waals surface area contributed by atoms with E-state index >= 15 is 0 Å². The molecule has 27 heavy (non-hydrogen) atoms. The molecular formula is C23H29NO3. The van der Waals surface area contributed by atoms with Gasteiger partial charge < -0.3 is 14.4 Å². The van der Waals surface area contributed by atoms with Gasteiger partial charge in [-0.05, 0) is 44.0 Å². The third-order valence-electron chi connectivity index (χ3n) is 5.25. The molecule has 2 aromatic rings. The summed E-state index contributed by atoms with van der Waals surface area (Å²) in [5.74, 6) is -0.339. The molecule has 0 N–H and O–H groups in total. The number of carbonyl (C=O) groups excluding carboxylic acids is 1. The maximum Gasteiger partial charge on any atom is 0.347 e. The minimum Gasteiger partial charge on any atom is -0.461 e. The fourth-order valence-corrected chi connectivity index (χ4v) is 3.69. The minimum atomic E-state index is -1.24. The standard InChI is InChI=1S/C23H29NO3/c1-3-17-27-23(19-11-6-4-7-12-19,20-13-8-5-9-14-20)22(25)26-18-21-15-10-16-24(21)2/h4-9,11-14,21H,3,10,15-18H2,1-2H3. The number of likely N-dealkylation sites (N-methyl/N-ethyl adjacent to an activating group) is 1. The molecular weight excluding hydrogens is 338 g/mol.